The van der Waals surface area contributed by atoms with Gasteiger partial charge in [0.2, 0.25) is 0 Å². The molecule has 0 bridgehead atoms. The molecule has 3 rings (SSSR count). The Bertz CT molecular complexity index is 716. The first kappa shape index (κ1) is 12.1. The van der Waals surface area contributed by atoms with Crippen LogP contribution in [0.15, 0.2) is 59.7 Å². The molecule has 0 unspecified atom stereocenters. The van der Waals surface area contributed by atoms with Gasteiger partial charge in [-0.15, -0.1) is 0 Å². The lowest BCUT2D eigenvalue weighted by Gasteiger charge is -2.27. The number of hydrogen-bond donors (Lipinski definition) is 0. The Morgan fingerprint density at radius 1 is 1.10 bits per heavy atom. The number of hydrogen-bond acceptors (Lipinski definition) is 3. The minimum absolute atomic E-state index is 0.275. The van der Waals surface area contributed by atoms with Gasteiger partial charge in [-0.2, -0.15) is 10.4 Å². The second-order valence-electron chi connectivity index (χ2n) is 4.42. The Labute approximate surface area is 116 Å². The molecule has 1 aliphatic rings. The van der Waals surface area contributed by atoms with Crippen LogP contribution >= 0.6 is 0 Å². The van der Waals surface area contributed by atoms with Crippen LogP contribution in [0.1, 0.15) is 27.5 Å². The zero-order valence-electron chi connectivity index (χ0n) is 10.6. The van der Waals surface area contributed by atoms with E-state index in [0.29, 0.717) is 5.56 Å². The van der Waals surface area contributed by atoms with Gasteiger partial charge in [-0.05, 0) is 17.7 Å². The predicted octanol–water partition coefficient (Wildman–Crippen LogP) is 2.74. The SMILES string of the molecule is N#C[C@@H]1c2ccccc2C=NN1C(=O)c1ccccc1. The molecule has 0 aromatic heterocycles. The maximum atomic E-state index is 12.4. The lowest BCUT2D eigenvalue weighted by Crippen LogP contribution is -2.32. The van der Waals surface area contributed by atoms with Crippen molar-refractivity contribution in [2.75, 3.05) is 0 Å². The van der Waals surface area contributed by atoms with E-state index in [1.54, 1.807) is 30.5 Å². The minimum Gasteiger partial charge on any atom is -0.267 e. The molecule has 0 radical (unpaired) electrons. The number of carbonyl (C=O) groups is 1. The maximum Gasteiger partial charge on any atom is 0.275 e. The highest BCUT2D eigenvalue weighted by molar-refractivity contribution is 5.96. The van der Waals surface area contributed by atoms with Crippen molar-refractivity contribution in [1.82, 2.24) is 5.01 Å². The predicted molar refractivity (Wildman–Crippen MR) is 75.0 cm³/mol. The standard InChI is InChI=1S/C16H11N3O/c17-10-15-14-9-5-4-8-13(14)11-18-19(15)16(20)12-6-2-1-3-7-12/h1-9,11,15H/t15-/m1/s1. The van der Waals surface area contributed by atoms with Crippen LogP contribution < -0.4 is 0 Å². The van der Waals surface area contributed by atoms with Gasteiger partial charge in [-0.25, -0.2) is 5.01 Å². The molecule has 1 heterocycles. The fourth-order valence-electron chi connectivity index (χ4n) is 2.21. The Balaban J connectivity index is 2.01. The fraction of sp³-hybridized carbons (Fsp3) is 0.0625. The molecule has 0 N–H and O–H groups in total. The minimum atomic E-state index is -0.691. The van der Waals surface area contributed by atoms with Crippen LogP contribution in [0.25, 0.3) is 0 Å². The normalized spacial score (nSPS) is 16.4. The summed E-state index contributed by atoms with van der Waals surface area (Å²) in [6.45, 7) is 0. The second kappa shape index (κ2) is 4.98. The molecule has 1 amide bonds. The van der Waals surface area contributed by atoms with Crippen LogP contribution in [0, 0.1) is 11.3 Å². The number of carbonyl (C=O) groups excluding carboxylic acids is 1. The van der Waals surface area contributed by atoms with Crippen molar-refractivity contribution in [3.05, 3.63) is 71.3 Å². The van der Waals surface area contributed by atoms with Crippen molar-refractivity contribution in [3.8, 4) is 6.07 Å². The average Bonchev–Trinajstić information content (AvgIpc) is 2.54. The zero-order valence-corrected chi connectivity index (χ0v) is 10.6. The van der Waals surface area contributed by atoms with Crippen molar-refractivity contribution < 1.29 is 4.79 Å². The van der Waals surface area contributed by atoms with E-state index in [9.17, 15) is 10.1 Å². The van der Waals surface area contributed by atoms with Crippen LogP contribution in [-0.4, -0.2) is 17.1 Å². The third kappa shape index (κ3) is 1.95. The molecule has 4 heteroatoms. The molecule has 1 atom stereocenters. The molecular formula is C16H11N3O. The van der Waals surface area contributed by atoms with Crippen molar-refractivity contribution in [3.63, 3.8) is 0 Å². The van der Waals surface area contributed by atoms with Crippen molar-refractivity contribution >= 4 is 12.1 Å². The molecule has 0 aliphatic carbocycles. The summed E-state index contributed by atoms with van der Waals surface area (Å²) < 4.78 is 0. The Hall–Kier alpha value is -2.93. The molecular weight excluding hydrogens is 250 g/mol. The third-order valence-corrected chi connectivity index (χ3v) is 3.21. The van der Waals surface area contributed by atoms with E-state index in [4.69, 9.17) is 0 Å². The summed E-state index contributed by atoms with van der Waals surface area (Å²) in [7, 11) is 0. The van der Waals surface area contributed by atoms with E-state index in [0.717, 1.165) is 11.1 Å². The van der Waals surface area contributed by atoms with Gasteiger partial charge >= 0.3 is 0 Å². The first-order valence-corrected chi connectivity index (χ1v) is 6.22. The molecule has 96 valence electrons. The largest absolute Gasteiger partial charge is 0.275 e. The molecule has 2 aromatic rings. The van der Waals surface area contributed by atoms with Gasteiger partial charge in [0, 0.05) is 11.1 Å². The van der Waals surface area contributed by atoms with Gasteiger partial charge in [-0.1, -0.05) is 42.5 Å². The average molecular weight is 261 g/mol. The van der Waals surface area contributed by atoms with Crippen LogP contribution in [0.2, 0.25) is 0 Å². The van der Waals surface area contributed by atoms with E-state index >= 15 is 0 Å². The van der Waals surface area contributed by atoms with Gasteiger partial charge in [-0.3, -0.25) is 4.79 Å². The van der Waals surface area contributed by atoms with E-state index < -0.39 is 6.04 Å². The van der Waals surface area contributed by atoms with Crippen LogP contribution in [0.5, 0.6) is 0 Å². The molecule has 0 saturated carbocycles. The quantitative estimate of drug-likeness (QED) is 0.792. The van der Waals surface area contributed by atoms with Crippen LogP contribution in [0.4, 0.5) is 0 Å². The van der Waals surface area contributed by atoms with Crippen LogP contribution in [-0.2, 0) is 0 Å². The first-order valence-electron chi connectivity index (χ1n) is 6.22. The second-order valence-corrected chi connectivity index (χ2v) is 4.42. The Morgan fingerprint density at radius 2 is 1.80 bits per heavy atom. The summed E-state index contributed by atoms with van der Waals surface area (Å²) in [6.07, 6.45) is 1.62. The van der Waals surface area contributed by atoms with Crippen molar-refractivity contribution in [2.24, 2.45) is 5.10 Å². The van der Waals surface area contributed by atoms with Gasteiger partial charge in [0.05, 0.1) is 12.3 Å². The number of benzene rings is 2. The van der Waals surface area contributed by atoms with Gasteiger partial charge in [0.25, 0.3) is 5.91 Å². The molecule has 2 aromatic carbocycles. The number of hydrazone groups is 1. The number of nitriles is 1. The first-order chi connectivity index (χ1) is 9.81. The third-order valence-electron chi connectivity index (χ3n) is 3.21. The summed E-state index contributed by atoms with van der Waals surface area (Å²) in [5.74, 6) is -0.275. The number of nitrogens with zero attached hydrogens (tertiary/aromatic N) is 3. The topological polar surface area (TPSA) is 56.5 Å². The number of amides is 1. The summed E-state index contributed by atoms with van der Waals surface area (Å²) >= 11 is 0. The summed E-state index contributed by atoms with van der Waals surface area (Å²) in [4.78, 5) is 12.4. The van der Waals surface area contributed by atoms with Crippen LogP contribution in [0.3, 0.4) is 0 Å². The highest BCUT2D eigenvalue weighted by Gasteiger charge is 2.29. The number of fused-ring (bicyclic) bond motifs is 1. The Kier molecular flexibility index (Phi) is 3.02. The highest BCUT2D eigenvalue weighted by Crippen LogP contribution is 2.28. The highest BCUT2D eigenvalue weighted by atomic mass is 16.2. The lowest BCUT2D eigenvalue weighted by atomic mass is 9.99. The van der Waals surface area contributed by atoms with Gasteiger partial charge in [0.15, 0.2) is 6.04 Å². The lowest BCUT2D eigenvalue weighted by molar-refractivity contribution is 0.0720. The summed E-state index contributed by atoms with van der Waals surface area (Å²) in [5.41, 5.74) is 2.19. The molecule has 1 aliphatic heterocycles. The molecule has 0 fully saturated rings. The molecule has 4 nitrogen and oxygen atoms in total. The van der Waals surface area contributed by atoms with Gasteiger partial charge in [0.1, 0.15) is 0 Å². The monoisotopic (exact) mass is 261 g/mol. The smallest absolute Gasteiger partial charge is 0.267 e. The number of rotatable bonds is 1. The summed E-state index contributed by atoms with van der Waals surface area (Å²) in [5, 5.41) is 14.8. The van der Waals surface area contributed by atoms with E-state index in [-0.39, 0.29) is 5.91 Å². The summed E-state index contributed by atoms with van der Waals surface area (Å²) in [6, 6.07) is 17.8. The van der Waals surface area contributed by atoms with E-state index in [2.05, 4.69) is 11.2 Å². The van der Waals surface area contributed by atoms with Crippen molar-refractivity contribution in [2.45, 2.75) is 6.04 Å². The molecule has 0 spiro atoms. The maximum absolute atomic E-state index is 12.4. The van der Waals surface area contributed by atoms with Gasteiger partial charge < -0.3 is 0 Å². The zero-order chi connectivity index (χ0) is 13.9. The fourth-order valence-corrected chi connectivity index (χ4v) is 2.21. The van der Waals surface area contributed by atoms with Crippen molar-refractivity contribution in [1.29, 1.82) is 5.26 Å². The molecule has 0 saturated heterocycles. The van der Waals surface area contributed by atoms with E-state index in [1.165, 1.54) is 5.01 Å². The van der Waals surface area contributed by atoms with E-state index in [1.807, 2.05) is 30.3 Å². The Morgan fingerprint density at radius 3 is 2.55 bits per heavy atom. The molecule has 20 heavy (non-hydrogen) atoms.